The average Bonchev–Trinajstić information content (AvgIpc) is 2.33. The van der Waals surface area contributed by atoms with Gasteiger partial charge in [-0.25, -0.2) is 0 Å². The molecule has 1 heterocycles. The van der Waals surface area contributed by atoms with E-state index in [1.54, 1.807) is 6.07 Å². The maximum absolute atomic E-state index is 9.14. The van der Waals surface area contributed by atoms with Crippen molar-refractivity contribution in [3.8, 4) is 0 Å². The predicted octanol–water partition coefficient (Wildman–Crippen LogP) is 2.77. The number of anilines is 1. The Hall–Kier alpha value is -0.580. The van der Waals surface area contributed by atoms with Gasteiger partial charge in [0.25, 0.3) is 0 Å². The third-order valence-electron chi connectivity index (χ3n) is 2.73. The molecule has 0 fully saturated rings. The van der Waals surface area contributed by atoms with E-state index < -0.39 is 0 Å². The average molecular weight is 278 g/mol. The van der Waals surface area contributed by atoms with E-state index in [1.165, 1.54) is 0 Å². The quantitative estimate of drug-likeness (QED) is 0.869. The summed E-state index contributed by atoms with van der Waals surface area (Å²) in [5, 5.41) is 17.2. The second-order valence-corrected chi connectivity index (χ2v) is 4.48. The molecule has 0 radical (unpaired) electrons. The van der Waals surface area contributed by atoms with Crippen molar-refractivity contribution in [2.75, 3.05) is 18.1 Å². The highest BCUT2D eigenvalue weighted by Gasteiger charge is 2.19. The zero-order valence-corrected chi connectivity index (χ0v) is 11.5. The van der Waals surface area contributed by atoms with Gasteiger partial charge in [-0.2, -0.15) is 0 Å². The van der Waals surface area contributed by atoms with E-state index in [2.05, 4.69) is 24.0 Å². The van der Waals surface area contributed by atoms with E-state index in [-0.39, 0.29) is 6.61 Å². The molecular formula is C11H17Cl2N3O. The van der Waals surface area contributed by atoms with Crippen LogP contribution in [0, 0.1) is 0 Å². The number of aliphatic hydroxyl groups excluding tert-OH is 1. The van der Waals surface area contributed by atoms with Crippen LogP contribution in [0.25, 0.3) is 0 Å². The minimum absolute atomic E-state index is 0.0623. The van der Waals surface area contributed by atoms with Crippen molar-refractivity contribution < 1.29 is 5.11 Å². The summed E-state index contributed by atoms with van der Waals surface area (Å²) in [5.74, 6) is 0. The van der Waals surface area contributed by atoms with Gasteiger partial charge in [-0.3, -0.25) is 0 Å². The number of nitrogens with zero attached hydrogens (tertiary/aromatic N) is 3. The maximum Gasteiger partial charge on any atom is 0.175 e. The van der Waals surface area contributed by atoms with Crippen LogP contribution in [0.4, 0.5) is 5.69 Å². The van der Waals surface area contributed by atoms with Gasteiger partial charge in [-0.15, -0.1) is 10.2 Å². The van der Waals surface area contributed by atoms with Gasteiger partial charge in [0.1, 0.15) is 0 Å². The molecule has 1 aromatic rings. The van der Waals surface area contributed by atoms with E-state index in [0.717, 1.165) is 18.5 Å². The number of aliphatic hydroxyl groups is 1. The molecule has 1 aromatic heterocycles. The Morgan fingerprint density at radius 1 is 1.29 bits per heavy atom. The lowest BCUT2D eigenvalue weighted by Crippen LogP contribution is -2.37. The highest BCUT2D eigenvalue weighted by atomic mass is 35.5. The van der Waals surface area contributed by atoms with Crippen LogP contribution >= 0.6 is 23.2 Å². The molecular weight excluding hydrogens is 261 g/mol. The van der Waals surface area contributed by atoms with Gasteiger partial charge in [0.2, 0.25) is 0 Å². The first-order valence-electron chi connectivity index (χ1n) is 5.70. The van der Waals surface area contributed by atoms with E-state index >= 15 is 0 Å². The van der Waals surface area contributed by atoms with E-state index in [9.17, 15) is 0 Å². The number of halogens is 2. The standard InChI is InChI=1S/C11H17Cl2N3O/c1-3-8(4-2)16(5-6-17)9-7-10(12)14-15-11(9)13/h7-8,17H,3-6H2,1-2H3. The summed E-state index contributed by atoms with van der Waals surface area (Å²) in [5.41, 5.74) is 0.731. The van der Waals surface area contributed by atoms with Crippen LogP contribution in [0.5, 0.6) is 0 Å². The Morgan fingerprint density at radius 3 is 2.47 bits per heavy atom. The van der Waals surface area contributed by atoms with Crippen LogP contribution in [0.3, 0.4) is 0 Å². The van der Waals surface area contributed by atoms with Crippen LogP contribution in [-0.4, -0.2) is 34.5 Å². The summed E-state index contributed by atoms with van der Waals surface area (Å²) in [7, 11) is 0. The normalized spacial score (nSPS) is 10.9. The van der Waals surface area contributed by atoms with Crippen molar-refractivity contribution in [2.45, 2.75) is 32.7 Å². The van der Waals surface area contributed by atoms with Crippen LogP contribution in [0.15, 0.2) is 6.07 Å². The number of rotatable bonds is 6. The molecule has 0 bridgehead atoms. The number of aromatic nitrogens is 2. The van der Waals surface area contributed by atoms with Crippen LogP contribution in [0.1, 0.15) is 26.7 Å². The van der Waals surface area contributed by atoms with E-state index in [0.29, 0.717) is 22.9 Å². The maximum atomic E-state index is 9.14. The molecule has 0 aromatic carbocycles. The molecule has 96 valence electrons. The highest BCUT2D eigenvalue weighted by Crippen LogP contribution is 2.28. The Kier molecular flexibility index (Phi) is 5.95. The van der Waals surface area contributed by atoms with Crippen LogP contribution in [-0.2, 0) is 0 Å². The molecule has 0 saturated heterocycles. The molecule has 0 aliphatic carbocycles. The van der Waals surface area contributed by atoms with Gasteiger partial charge in [-0.1, -0.05) is 37.0 Å². The van der Waals surface area contributed by atoms with Crippen LogP contribution < -0.4 is 4.90 Å². The Balaban J connectivity index is 3.07. The van der Waals surface area contributed by atoms with Crippen LogP contribution in [0.2, 0.25) is 10.3 Å². The molecule has 6 heteroatoms. The largest absolute Gasteiger partial charge is 0.395 e. The lowest BCUT2D eigenvalue weighted by molar-refractivity contribution is 0.296. The minimum Gasteiger partial charge on any atom is -0.395 e. The minimum atomic E-state index is 0.0623. The zero-order valence-electron chi connectivity index (χ0n) is 10.0. The molecule has 1 rings (SSSR count). The molecule has 0 spiro atoms. The van der Waals surface area contributed by atoms with E-state index in [1.807, 2.05) is 4.90 Å². The molecule has 4 nitrogen and oxygen atoms in total. The first kappa shape index (κ1) is 14.5. The fraction of sp³-hybridized carbons (Fsp3) is 0.636. The van der Waals surface area contributed by atoms with Crippen molar-refractivity contribution in [2.24, 2.45) is 0 Å². The molecule has 0 unspecified atom stereocenters. The lowest BCUT2D eigenvalue weighted by Gasteiger charge is -2.32. The van der Waals surface area contributed by atoms with Gasteiger partial charge in [0.05, 0.1) is 12.3 Å². The molecule has 0 amide bonds. The SMILES string of the molecule is CCC(CC)N(CCO)c1cc(Cl)nnc1Cl. The molecule has 0 aliphatic heterocycles. The second kappa shape index (κ2) is 6.99. The summed E-state index contributed by atoms with van der Waals surface area (Å²) in [6.07, 6.45) is 1.93. The predicted molar refractivity (Wildman–Crippen MR) is 70.9 cm³/mol. The summed E-state index contributed by atoms with van der Waals surface area (Å²) >= 11 is 11.9. The van der Waals surface area contributed by atoms with Gasteiger partial charge in [-0.05, 0) is 12.8 Å². The number of hydrogen-bond acceptors (Lipinski definition) is 4. The Labute approximate surface area is 112 Å². The smallest absolute Gasteiger partial charge is 0.175 e. The summed E-state index contributed by atoms with van der Waals surface area (Å²) < 4.78 is 0. The van der Waals surface area contributed by atoms with Crippen molar-refractivity contribution >= 4 is 28.9 Å². The Morgan fingerprint density at radius 2 is 1.94 bits per heavy atom. The van der Waals surface area contributed by atoms with Crippen molar-refractivity contribution in [3.05, 3.63) is 16.4 Å². The summed E-state index contributed by atoms with van der Waals surface area (Å²) in [6, 6.07) is 1.99. The molecule has 0 atom stereocenters. The Bertz CT molecular complexity index is 359. The van der Waals surface area contributed by atoms with Gasteiger partial charge in [0, 0.05) is 18.7 Å². The third kappa shape index (κ3) is 3.69. The van der Waals surface area contributed by atoms with Crippen molar-refractivity contribution in [1.29, 1.82) is 0 Å². The van der Waals surface area contributed by atoms with Gasteiger partial charge < -0.3 is 10.0 Å². The molecule has 0 saturated carbocycles. The second-order valence-electron chi connectivity index (χ2n) is 3.73. The molecule has 17 heavy (non-hydrogen) atoms. The first-order valence-corrected chi connectivity index (χ1v) is 6.45. The fourth-order valence-electron chi connectivity index (χ4n) is 1.88. The molecule has 0 aliphatic rings. The van der Waals surface area contributed by atoms with Crippen molar-refractivity contribution in [1.82, 2.24) is 10.2 Å². The first-order chi connectivity index (χ1) is 8.13. The highest BCUT2D eigenvalue weighted by molar-refractivity contribution is 6.33. The summed E-state index contributed by atoms with van der Waals surface area (Å²) in [6.45, 7) is 4.77. The number of hydrogen-bond donors (Lipinski definition) is 1. The monoisotopic (exact) mass is 277 g/mol. The third-order valence-corrected chi connectivity index (χ3v) is 3.19. The summed E-state index contributed by atoms with van der Waals surface area (Å²) in [4.78, 5) is 2.03. The fourth-order valence-corrected chi connectivity index (χ4v) is 2.22. The topological polar surface area (TPSA) is 49.2 Å². The van der Waals surface area contributed by atoms with E-state index in [4.69, 9.17) is 28.3 Å². The molecule has 1 N–H and O–H groups in total. The van der Waals surface area contributed by atoms with Gasteiger partial charge >= 0.3 is 0 Å². The van der Waals surface area contributed by atoms with Crippen molar-refractivity contribution in [3.63, 3.8) is 0 Å². The van der Waals surface area contributed by atoms with Gasteiger partial charge in [0.15, 0.2) is 10.3 Å². The zero-order chi connectivity index (χ0) is 12.8. The lowest BCUT2D eigenvalue weighted by atomic mass is 10.1.